The Bertz CT molecular complexity index is 365. The van der Waals surface area contributed by atoms with Gasteiger partial charge in [-0.3, -0.25) is 4.99 Å². The predicted octanol–water partition coefficient (Wildman–Crippen LogP) is 0.649. The van der Waals surface area contributed by atoms with Gasteiger partial charge in [0.15, 0.2) is 5.96 Å². The van der Waals surface area contributed by atoms with Crippen LogP contribution in [0.1, 0.15) is 26.7 Å². The summed E-state index contributed by atoms with van der Waals surface area (Å²) in [6.45, 7) is 6.57. The highest BCUT2D eigenvalue weighted by molar-refractivity contribution is 7.90. The first-order valence-corrected chi connectivity index (χ1v) is 9.19. The highest BCUT2D eigenvalue weighted by atomic mass is 32.2. The van der Waals surface area contributed by atoms with E-state index in [1.807, 2.05) is 0 Å². The zero-order valence-electron chi connectivity index (χ0n) is 13.1. The topological polar surface area (TPSA) is 79.8 Å². The number of guanidine groups is 1. The second-order valence-electron chi connectivity index (χ2n) is 4.80. The maximum Gasteiger partial charge on any atom is 0.191 e. The van der Waals surface area contributed by atoms with Crippen molar-refractivity contribution in [1.82, 2.24) is 10.6 Å². The van der Waals surface area contributed by atoms with Gasteiger partial charge >= 0.3 is 0 Å². The molecular formula is C13H29N3O3S. The summed E-state index contributed by atoms with van der Waals surface area (Å²) < 4.78 is 27.0. The third-order valence-electron chi connectivity index (χ3n) is 3.07. The molecule has 0 aromatic carbocycles. The molecule has 0 saturated heterocycles. The summed E-state index contributed by atoms with van der Waals surface area (Å²) in [5, 5.41) is 6.41. The van der Waals surface area contributed by atoms with E-state index in [0.717, 1.165) is 25.3 Å². The first-order chi connectivity index (χ1) is 9.42. The van der Waals surface area contributed by atoms with Crippen molar-refractivity contribution >= 4 is 15.8 Å². The molecule has 0 aromatic heterocycles. The molecule has 0 aliphatic heterocycles. The van der Waals surface area contributed by atoms with Crippen LogP contribution in [0.3, 0.4) is 0 Å². The van der Waals surface area contributed by atoms with E-state index >= 15 is 0 Å². The van der Waals surface area contributed by atoms with Crippen LogP contribution in [0, 0.1) is 5.92 Å². The Kier molecular flexibility index (Phi) is 10.5. The summed E-state index contributed by atoms with van der Waals surface area (Å²) in [7, 11) is -1.21. The SMILES string of the molecule is CCC(CC)CNC(=NC)NCCOCCS(C)(=O)=O. The highest BCUT2D eigenvalue weighted by Gasteiger charge is 2.05. The number of nitrogens with one attached hydrogen (secondary N) is 2. The predicted molar refractivity (Wildman–Crippen MR) is 84.0 cm³/mol. The first kappa shape index (κ1) is 19.2. The molecule has 0 spiro atoms. The Morgan fingerprint density at radius 1 is 1.20 bits per heavy atom. The molecule has 0 fully saturated rings. The number of aliphatic imine (C=N–C) groups is 1. The average Bonchev–Trinajstić information content (AvgIpc) is 2.40. The molecule has 0 aliphatic carbocycles. The van der Waals surface area contributed by atoms with Gasteiger partial charge in [-0.2, -0.15) is 0 Å². The Morgan fingerprint density at radius 3 is 2.35 bits per heavy atom. The lowest BCUT2D eigenvalue weighted by Crippen LogP contribution is -2.41. The molecule has 0 unspecified atom stereocenters. The first-order valence-electron chi connectivity index (χ1n) is 7.12. The van der Waals surface area contributed by atoms with Crippen LogP contribution < -0.4 is 10.6 Å². The molecule has 0 heterocycles. The van der Waals surface area contributed by atoms with Crippen molar-refractivity contribution in [2.45, 2.75) is 26.7 Å². The summed E-state index contributed by atoms with van der Waals surface area (Å²) >= 11 is 0. The third-order valence-corrected chi connectivity index (χ3v) is 3.98. The summed E-state index contributed by atoms with van der Waals surface area (Å²) in [4.78, 5) is 4.13. The highest BCUT2D eigenvalue weighted by Crippen LogP contribution is 2.04. The van der Waals surface area contributed by atoms with E-state index in [2.05, 4.69) is 29.5 Å². The van der Waals surface area contributed by atoms with Gasteiger partial charge in [0.1, 0.15) is 9.84 Å². The van der Waals surface area contributed by atoms with Crippen molar-refractivity contribution in [2.24, 2.45) is 10.9 Å². The van der Waals surface area contributed by atoms with Crippen LogP contribution in [0.2, 0.25) is 0 Å². The van der Waals surface area contributed by atoms with E-state index in [-0.39, 0.29) is 12.4 Å². The minimum absolute atomic E-state index is 0.0641. The smallest absolute Gasteiger partial charge is 0.191 e. The van der Waals surface area contributed by atoms with Crippen LogP contribution in [0.5, 0.6) is 0 Å². The van der Waals surface area contributed by atoms with Crippen molar-refractivity contribution < 1.29 is 13.2 Å². The van der Waals surface area contributed by atoms with Gasteiger partial charge in [0, 0.05) is 26.4 Å². The van der Waals surface area contributed by atoms with E-state index < -0.39 is 9.84 Å². The van der Waals surface area contributed by atoms with E-state index in [4.69, 9.17) is 4.74 Å². The van der Waals surface area contributed by atoms with Crippen LogP contribution in [0.15, 0.2) is 4.99 Å². The normalized spacial score (nSPS) is 12.8. The average molecular weight is 307 g/mol. The number of rotatable bonds is 10. The second-order valence-corrected chi connectivity index (χ2v) is 7.06. The van der Waals surface area contributed by atoms with Gasteiger partial charge in [-0.25, -0.2) is 8.42 Å². The fourth-order valence-corrected chi connectivity index (χ4v) is 2.01. The van der Waals surface area contributed by atoms with Crippen LogP contribution in [-0.2, 0) is 14.6 Å². The Labute approximate surface area is 123 Å². The lowest BCUT2D eigenvalue weighted by Gasteiger charge is -2.16. The molecule has 0 radical (unpaired) electrons. The van der Waals surface area contributed by atoms with Crippen molar-refractivity contribution in [3.63, 3.8) is 0 Å². The monoisotopic (exact) mass is 307 g/mol. The van der Waals surface area contributed by atoms with Crippen LogP contribution in [0.4, 0.5) is 0 Å². The molecule has 0 aromatic rings. The molecular weight excluding hydrogens is 278 g/mol. The van der Waals surface area contributed by atoms with E-state index in [1.54, 1.807) is 7.05 Å². The van der Waals surface area contributed by atoms with Gasteiger partial charge in [0.05, 0.1) is 19.0 Å². The van der Waals surface area contributed by atoms with Crippen LogP contribution >= 0.6 is 0 Å². The minimum Gasteiger partial charge on any atom is -0.379 e. The van der Waals surface area contributed by atoms with Gasteiger partial charge in [0.25, 0.3) is 0 Å². The minimum atomic E-state index is -2.94. The fourth-order valence-electron chi connectivity index (χ4n) is 1.59. The van der Waals surface area contributed by atoms with Crippen LogP contribution in [0.25, 0.3) is 0 Å². The molecule has 20 heavy (non-hydrogen) atoms. The molecule has 0 saturated carbocycles. The number of hydrogen-bond acceptors (Lipinski definition) is 4. The van der Waals surface area contributed by atoms with Crippen molar-refractivity contribution in [3.05, 3.63) is 0 Å². The quantitative estimate of drug-likeness (QED) is 0.352. The van der Waals surface area contributed by atoms with E-state index in [0.29, 0.717) is 19.1 Å². The Hall–Kier alpha value is -0.820. The molecule has 2 N–H and O–H groups in total. The van der Waals surface area contributed by atoms with Crippen molar-refractivity contribution in [1.29, 1.82) is 0 Å². The Balaban J connectivity index is 3.71. The maximum absolute atomic E-state index is 10.9. The second kappa shape index (κ2) is 10.9. The van der Waals surface area contributed by atoms with Crippen LogP contribution in [-0.4, -0.2) is 59.7 Å². The number of hydrogen-bond donors (Lipinski definition) is 2. The summed E-state index contributed by atoms with van der Waals surface area (Å²) in [6, 6.07) is 0. The van der Waals surface area contributed by atoms with Crippen molar-refractivity contribution in [3.8, 4) is 0 Å². The number of sulfone groups is 1. The lowest BCUT2D eigenvalue weighted by atomic mass is 10.0. The molecule has 6 nitrogen and oxygen atoms in total. The number of nitrogens with zero attached hydrogens (tertiary/aromatic N) is 1. The molecule has 0 atom stereocenters. The fraction of sp³-hybridized carbons (Fsp3) is 0.923. The van der Waals surface area contributed by atoms with Gasteiger partial charge in [-0.1, -0.05) is 26.7 Å². The molecule has 0 amide bonds. The largest absolute Gasteiger partial charge is 0.379 e. The lowest BCUT2D eigenvalue weighted by molar-refractivity contribution is 0.154. The maximum atomic E-state index is 10.9. The molecule has 7 heteroatoms. The molecule has 120 valence electrons. The van der Waals surface area contributed by atoms with Crippen molar-refractivity contribution in [2.75, 3.05) is 45.4 Å². The van der Waals surface area contributed by atoms with Gasteiger partial charge in [-0.05, 0) is 5.92 Å². The zero-order valence-corrected chi connectivity index (χ0v) is 13.9. The molecule has 0 rings (SSSR count). The van der Waals surface area contributed by atoms with Gasteiger partial charge in [0.2, 0.25) is 0 Å². The summed E-state index contributed by atoms with van der Waals surface area (Å²) in [5.41, 5.74) is 0. The van der Waals surface area contributed by atoms with E-state index in [9.17, 15) is 8.42 Å². The van der Waals surface area contributed by atoms with E-state index in [1.165, 1.54) is 6.26 Å². The number of ether oxygens (including phenoxy) is 1. The molecule has 0 aliphatic rings. The summed E-state index contributed by atoms with van der Waals surface area (Å²) in [6.07, 6.45) is 3.50. The third kappa shape index (κ3) is 11.0. The molecule has 0 bridgehead atoms. The Morgan fingerprint density at radius 2 is 1.85 bits per heavy atom. The van der Waals surface area contributed by atoms with Gasteiger partial charge in [-0.15, -0.1) is 0 Å². The standard InChI is InChI=1S/C13H29N3O3S/c1-5-12(6-2)11-16-13(14-3)15-7-8-19-9-10-20(4,17)18/h12H,5-11H2,1-4H3,(H2,14,15,16). The van der Waals surface area contributed by atoms with Gasteiger partial charge < -0.3 is 15.4 Å². The zero-order chi connectivity index (χ0) is 15.4. The summed E-state index contributed by atoms with van der Waals surface area (Å²) in [5.74, 6) is 1.47.